The minimum absolute atomic E-state index is 0.109. The van der Waals surface area contributed by atoms with Crippen LogP contribution in [0.15, 0.2) is 12.7 Å². The normalized spacial score (nSPS) is 14.5. The Labute approximate surface area is 121 Å². The summed E-state index contributed by atoms with van der Waals surface area (Å²) < 4.78 is 19.8. The lowest BCUT2D eigenvalue weighted by atomic mass is 10.4. The van der Waals surface area contributed by atoms with E-state index in [1.54, 1.807) is 28.1 Å². The van der Waals surface area contributed by atoms with Gasteiger partial charge in [-0.3, -0.25) is 0 Å². The van der Waals surface area contributed by atoms with Gasteiger partial charge in [0.1, 0.15) is 6.61 Å². The first kappa shape index (κ1) is 21.4. The largest absolute Gasteiger partial charge is 0.460 e. The van der Waals surface area contributed by atoms with Crippen molar-refractivity contribution >= 4 is 5.97 Å². The Bertz CT molecular complexity index is 242. The van der Waals surface area contributed by atoms with E-state index in [2.05, 4.69) is 11.3 Å². The molecule has 120 valence electrons. The number of carbonyl (C=O) groups excluding carboxylic acids is 1. The van der Waals surface area contributed by atoms with Gasteiger partial charge in [0.15, 0.2) is 0 Å². The molecule has 3 atom stereocenters. The maximum atomic E-state index is 10.8. The Morgan fingerprint density at radius 3 is 2.00 bits per heavy atom. The second-order valence-electron chi connectivity index (χ2n) is 4.38. The SMILES string of the molecule is C=CC(=O)OCC(C)OCC(C)OCC(C)O.COC. The molecule has 0 aromatic carbocycles. The van der Waals surface area contributed by atoms with Crippen LogP contribution in [0.25, 0.3) is 0 Å². The third kappa shape index (κ3) is 17.1. The lowest BCUT2D eigenvalue weighted by Gasteiger charge is -2.18. The predicted octanol–water partition coefficient (Wildman–Crippen LogP) is 1.17. The van der Waals surface area contributed by atoms with E-state index in [1.165, 1.54) is 0 Å². The molecule has 6 heteroatoms. The molecule has 0 heterocycles. The van der Waals surface area contributed by atoms with Crippen molar-refractivity contribution in [2.75, 3.05) is 34.0 Å². The molecule has 0 aliphatic heterocycles. The molecule has 0 bridgehead atoms. The van der Waals surface area contributed by atoms with Crippen LogP contribution in [-0.4, -0.2) is 63.4 Å². The summed E-state index contributed by atoms with van der Waals surface area (Å²) in [6.07, 6.45) is 0.322. The van der Waals surface area contributed by atoms with Crippen LogP contribution in [0.1, 0.15) is 20.8 Å². The van der Waals surface area contributed by atoms with Gasteiger partial charge in [-0.25, -0.2) is 4.79 Å². The third-order valence-corrected chi connectivity index (χ3v) is 1.86. The van der Waals surface area contributed by atoms with Crippen LogP contribution in [0.3, 0.4) is 0 Å². The molecule has 0 radical (unpaired) electrons. The van der Waals surface area contributed by atoms with Crippen LogP contribution in [0.2, 0.25) is 0 Å². The standard InChI is InChI=1S/C12H22O5.C2H6O/c1-5-12(14)17-8-11(4)16-7-10(3)15-6-9(2)13;1-3-2/h5,9-11,13H,1,6-8H2,2-4H3;1-2H3. The highest BCUT2D eigenvalue weighted by atomic mass is 16.6. The van der Waals surface area contributed by atoms with Gasteiger partial charge < -0.3 is 24.1 Å². The van der Waals surface area contributed by atoms with E-state index in [1.807, 2.05) is 6.92 Å². The maximum absolute atomic E-state index is 10.8. The van der Waals surface area contributed by atoms with E-state index in [-0.39, 0.29) is 25.4 Å². The van der Waals surface area contributed by atoms with Gasteiger partial charge in [-0.15, -0.1) is 0 Å². The Kier molecular flexibility index (Phi) is 15.4. The molecule has 20 heavy (non-hydrogen) atoms. The van der Waals surface area contributed by atoms with Gasteiger partial charge in [-0.1, -0.05) is 6.58 Å². The molecule has 0 aliphatic rings. The Morgan fingerprint density at radius 1 is 1.10 bits per heavy atom. The lowest BCUT2D eigenvalue weighted by Crippen LogP contribution is -2.26. The summed E-state index contributed by atoms with van der Waals surface area (Å²) in [6, 6.07) is 0. The topological polar surface area (TPSA) is 74.2 Å². The zero-order valence-corrected chi connectivity index (χ0v) is 13.1. The van der Waals surface area contributed by atoms with Crippen LogP contribution in [-0.2, 0) is 23.7 Å². The first-order valence-corrected chi connectivity index (χ1v) is 6.47. The van der Waals surface area contributed by atoms with Crippen LogP contribution in [0.5, 0.6) is 0 Å². The van der Waals surface area contributed by atoms with Gasteiger partial charge in [0, 0.05) is 20.3 Å². The van der Waals surface area contributed by atoms with Crippen molar-refractivity contribution in [3.05, 3.63) is 12.7 Å². The van der Waals surface area contributed by atoms with Gasteiger partial charge in [-0.05, 0) is 20.8 Å². The van der Waals surface area contributed by atoms with Crippen LogP contribution in [0.4, 0.5) is 0 Å². The maximum Gasteiger partial charge on any atom is 0.330 e. The fourth-order valence-electron chi connectivity index (χ4n) is 0.958. The summed E-state index contributed by atoms with van der Waals surface area (Å²) in [7, 11) is 3.25. The average Bonchev–Trinajstić information content (AvgIpc) is 2.40. The zero-order chi connectivity index (χ0) is 16.0. The Hall–Kier alpha value is -0.950. The van der Waals surface area contributed by atoms with Crippen LogP contribution >= 0.6 is 0 Å². The summed E-state index contributed by atoms with van der Waals surface area (Å²) in [5, 5.41) is 9.02. The third-order valence-electron chi connectivity index (χ3n) is 1.86. The van der Waals surface area contributed by atoms with Gasteiger partial charge in [0.2, 0.25) is 0 Å². The molecule has 0 saturated heterocycles. The molecule has 0 rings (SSSR count). The number of rotatable bonds is 9. The Morgan fingerprint density at radius 2 is 1.55 bits per heavy atom. The van der Waals surface area contributed by atoms with Crippen molar-refractivity contribution in [1.29, 1.82) is 0 Å². The van der Waals surface area contributed by atoms with E-state index >= 15 is 0 Å². The van der Waals surface area contributed by atoms with Crippen LogP contribution < -0.4 is 0 Å². The fraction of sp³-hybridized carbons (Fsp3) is 0.786. The molecule has 0 amide bonds. The molecule has 0 fully saturated rings. The molecule has 1 N–H and O–H groups in total. The molecular weight excluding hydrogens is 264 g/mol. The van der Waals surface area contributed by atoms with E-state index < -0.39 is 12.1 Å². The van der Waals surface area contributed by atoms with Gasteiger partial charge in [0.25, 0.3) is 0 Å². The fourth-order valence-corrected chi connectivity index (χ4v) is 0.958. The molecule has 0 aromatic heterocycles. The summed E-state index contributed by atoms with van der Waals surface area (Å²) in [6.45, 7) is 9.47. The molecule has 0 aromatic rings. The van der Waals surface area contributed by atoms with Crippen molar-refractivity contribution in [2.24, 2.45) is 0 Å². The van der Waals surface area contributed by atoms with Gasteiger partial charge in [-0.2, -0.15) is 0 Å². The molecular formula is C14H28O6. The van der Waals surface area contributed by atoms with Crippen molar-refractivity contribution in [2.45, 2.75) is 39.1 Å². The highest BCUT2D eigenvalue weighted by molar-refractivity contribution is 5.81. The number of hydrogen-bond acceptors (Lipinski definition) is 6. The molecule has 0 spiro atoms. The molecule has 6 nitrogen and oxygen atoms in total. The van der Waals surface area contributed by atoms with Crippen molar-refractivity contribution in [3.63, 3.8) is 0 Å². The number of methoxy groups -OCH3 is 1. The number of aliphatic hydroxyl groups is 1. The average molecular weight is 292 g/mol. The highest BCUT2D eigenvalue weighted by Gasteiger charge is 2.09. The minimum Gasteiger partial charge on any atom is -0.460 e. The van der Waals surface area contributed by atoms with Crippen molar-refractivity contribution < 1.29 is 28.8 Å². The van der Waals surface area contributed by atoms with Gasteiger partial charge in [0.05, 0.1) is 31.5 Å². The number of ether oxygens (including phenoxy) is 4. The summed E-state index contributed by atoms with van der Waals surface area (Å²) in [5.41, 5.74) is 0. The van der Waals surface area contributed by atoms with E-state index in [0.717, 1.165) is 6.08 Å². The number of hydrogen-bond donors (Lipinski definition) is 1. The second kappa shape index (κ2) is 14.5. The van der Waals surface area contributed by atoms with Crippen molar-refractivity contribution in [3.8, 4) is 0 Å². The van der Waals surface area contributed by atoms with E-state index in [9.17, 15) is 4.79 Å². The number of carbonyl (C=O) groups is 1. The van der Waals surface area contributed by atoms with Gasteiger partial charge >= 0.3 is 5.97 Å². The number of aliphatic hydroxyl groups excluding tert-OH is 1. The smallest absolute Gasteiger partial charge is 0.330 e. The quantitative estimate of drug-likeness (QED) is 0.508. The minimum atomic E-state index is -0.483. The molecule has 0 aliphatic carbocycles. The van der Waals surface area contributed by atoms with E-state index in [4.69, 9.17) is 19.3 Å². The highest BCUT2D eigenvalue weighted by Crippen LogP contribution is 1.99. The molecule has 0 saturated carbocycles. The second-order valence-corrected chi connectivity index (χ2v) is 4.38. The monoisotopic (exact) mass is 292 g/mol. The van der Waals surface area contributed by atoms with E-state index in [0.29, 0.717) is 6.61 Å². The first-order valence-electron chi connectivity index (χ1n) is 6.47. The number of esters is 1. The Balaban J connectivity index is 0. The lowest BCUT2D eigenvalue weighted by molar-refractivity contribution is -0.142. The summed E-state index contributed by atoms with van der Waals surface area (Å²) in [5.74, 6) is -0.459. The zero-order valence-electron chi connectivity index (χ0n) is 13.1. The summed E-state index contributed by atoms with van der Waals surface area (Å²) in [4.78, 5) is 10.8. The predicted molar refractivity (Wildman–Crippen MR) is 76.6 cm³/mol. The van der Waals surface area contributed by atoms with Crippen molar-refractivity contribution in [1.82, 2.24) is 0 Å². The first-order chi connectivity index (χ1) is 9.37. The van der Waals surface area contributed by atoms with Crippen LogP contribution in [0, 0.1) is 0 Å². The summed E-state index contributed by atoms with van der Waals surface area (Å²) >= 11 is 0. The molecule has 3 unspecified atom stereocenters.